The number of amides is 7. The topological polar surface area (TPSA) is 216 Å². The number of benzene rings is 6. The van der Waals surface area contributed by atoms with E-state index in [-0.39, 0.29) is 41.4 Å². The summed E-state index contributed by atoms with van der Waals surface area (Å²) in [6, 6.07) is 47.0. The lowest BCUT2D eigenvalue weighted by Crippen LogP contribution is -2.26. The Bertz CT molecular complexity index is 3100. The predicted molar refractivity (Wildman–Crippen MR) is 408 cm³/mol. The van der Waals surface area contributed by atoms with Crippen molar-refractivity contribution in [1.82, 2.24) is 42.5 Å². The van der Waals surface area contributed by atoms with E-state index in [4.69, 9.17) is 0 Å². The van der Waals surface area contributed by atoms with Gasteiger partial charge >= 0.3 is 0 Å². The highest BCUT2D eigenvalue weighted by Crippen LogP contribution is 2.42. The molecule has 2 aliphatic rings. The van der Waals surface area contributed by atoms with Crippen molar-refractivity contribution >= 4 is 53.1 Å². The zero-order valence-corrected chi connectivity index (χ0v) is 62.6. The predicted octanol–water partition coefficient (Wildman–Crippen LogP) is 15.8. The quantitative estimate of drug-likeness (QED) is 0.0286. The Morgan fingerprint density at radius 3 is 0.969 bits per heavy atom. The van der Waals surface area contributed by atoms with Gasteiger partial charge in [0.25, 0.3) is 35.4 Å². The maximum absolute atomic E-state index is 12.3. The minimum absolute atomic E-state index is 0.00791. The Morgan fingerprint density at radius 1 is 0.398 bits per heavy atom. The van der Waals surface area contributed by atoms with E-state index in [1.165, 1.54) is 51.3 Å². The van der Waals surface area contributed by atoms with Gasteiger partial charge in [-0.25, -0.2) is 0 Å². The Labute approximate surface area is 591 Å². The molecule has 16 heteroatoms. The molecule has 6 aromatic carbocycles. The molecule has 0 aromatic heterocycles. The van der Waals surface area contributed by atoms with E-state index in [0.29, 0.717) is 54.5 Å². The average Bonchev–Trinajstić information content (AvgIpc) is 1.68. The highest BCUT2D eigenvalue weighted by Gasteiger charge is 2.40. The van der Waals surface area contributed by atoms with Crippen molar-refractivity contribution < 1.29 is 33.6 Å². The summed E-state index contributed by atoms with van der Waals surface area (Å²) in [5.74, 6) is 4.70. The van der Waals surface area contributed by atoms with E-state index in [9.17, 15) is 33.6 Å². The summed E-state index contributed by atoms with van der Waals surface area (Å²) < 4.78 is 0. The van der Waals surface area contributed by atoms with Crippen LogP contribution in [0.3, 0.4) is 0 Å². The lowest BCUT2D eigenvalue weighted by atomic mass is 9.94. The van der Waals surface area contributed by atoms with Crippen LogP contribution in [0, 0.1) is 5.92 Å². The molecule has 0 spiro atoms. The monoisotopic (exact) mass is 1360 g/mol. The van der Waals surface area contributed by atoms with Crippen LogP contribution in [-0.2, 0) is 4.79 Å². The number of hydrogen-bond acceptors (Lipinski definition) is 9. The molecule has 2 fully saturated rings. The van der Waals surface area contributed by atoms with Gasteiger partial charge in [-0.3, -0.25) is 33.6 Å². The molecule has 0 aliphatic carbocycles. The van der Waals surface area contributed by atoms with Crippen LogP contribution < -0.4 is 42.5 Å². The number of fused-ring (bicyclic) bond motifs is 1. The second-order valence-electron chi connectivity index (χ2n) is 26.6. The van der Waals surface area contributed by atoms with Crippen molar-refractivity contribution in [3.8, 4) is 0 Å². The van der Waals surface area contributed by atoms with Crippen LogP contribution in [-0.4, -0.2) is 107 Å². The van der Waals surface area contributed by atoms with Gasteiger partial charge in [0.1, 0.15) is 0 Å². The van der Waals surface area contributed by atoms with Crippen LogP contribution in [0.1, 0.15) is 265 Å². The summed E-state index contributed by atoms with van der Waals surface area (Å²) in [6.45, 7) is 30.9. The molecule has 0 unspecified atom stereocenters. The number of allylic oxidation sites excluding steroid dienone is 1. The van der Waals surface area contributed by atoms with Gasteiger partial charge < -0.3 is 42.5 Å². The molecule has 0 saturated carbocycles. The number of nitrogens with one attached hydrogen (secondary N) is 8. The number of hydrogen-bond donors (Lipinski definition) is 8. The summed E-state index contributed by atoms with van der Waals surface area (Å²) in [4.78, 5) is 80.8. The summed E-state index contributed by atoms with van der Waals surface area (Å²) in [5.41, 5.74) is 12.7. The van der Waals surface area contributed by atoms with Crippen LogP contribution in [0.4, 0.5) is 0 Å². The van der Waals surface area contributed by atoms with Gasteiger partial charge in [-0.15, -0.1) is 0 Å². The standard InChI is InChI=1S/C27H41N3O2S.5C11H15NO/c1-19(2)21-10-9-11-22(17-21)27(32)29-15-8-4-7-14-28-26(31)13-6-5-12-25-23-16-20(3)30-24(23)18-33-25;5*1-8(2)9-5-4-6-10(7-9)11(13)12-3/h9-11,17,19,23-25,30H,3-8,12-16,18H2,1-2H3,(H,28,31)(H,29,32);5*4-8H,1-3H3,(H,12,13)/t23-,24-,25-;;;;;/m0...../s1. The maximum Gasteiger partial charge on any atom is 0.251 e. The molecular formula is C82H116N8O7S. The van der Waals surface area contributed by atoms with Crippen LogP contribution in [0.5, 0.6) is 0 Å². The molecule has 2 heterocycles. The number of carbonyl (C=O) groups excluding carboxylic acids is 7. The average molecular weight is 1360 g/mol. The number of carbonyl (C=O) groups is 7. The van der Waals surface area contributed by atoms with Crippen molar-refractivity contribution in [3.63, 3.8) is 0 Å². The van der Waals surface area contributed by atoms with Crippen molar-refractivity contribution in [3.05, 3.63) is 225 Å². The summed E-state index contributed by atoms with van der Waals surface area (Å²) in [5, 5.41) is 23.3. The zero-order chi connectivity index (χ0) is 72.9. The molecule has 8 N–H and O–H groups in total. The fourth-order valence-corrected chi connectivity index (χ4v) is 12.3. The third-order valence-corrected chi connectivity index (χ3v) is 18.6. The van der Waals surface area contributed by atoms with E-state index >= 15 is 0 Å². The number of unbranched alkanes of at least 4 members (excludes halogenated alkanes) is 3. The molecule has 532 valence electrons. The van der Waals surface area contributed by atoms with Gasteiger partial charge in [-0.1, -0.05) is 169 Å². The Morgan fingerprint density at radius 2 is 0.684 bits per heavy atom. The van der Waals surface area contributed by atoms with Gasteiger partial charge in [0.05, 0.1) is 0 Å². The first kappa shape index (κ1) is 83.7. The Hall–Kier alpha value is -8.50. The molecule has 2 aliphatic heterocycles. The molecule has 3 atom stereocenters. The van der Waals surface area contributed by atoms with E-state index < -0.39 is 0 Å². The van der Waals surface area contributed by atoms with Gasteiger partial charge in [0.2, 0.25) is 5.91 Å². The van der Waals surface area contributed by atoms with E-state index in [2.05, 4.69) is 150 Å². The van der Waals surface area contributed by atoms with Crippen molar-refractivity contribution in [2.24, 2.45) is 5.92 Å². The lowest BCUT2D eigenvalue weighted by Gasteiger charge is -2.16. The van der Waals surface area contributed by atoms with Crippen LogP contribution in [0.15, 0.2) is 158 Å². The maximum atomic E-state index is 12.3. The summed E-state index contributed by atoms with van der Waals surface area (Å²) in [6.07, 6.45) is 7.92. The summed E-state index contributed by atoms with van der Waals surface area (Å²) >= 11 is 2.09. The molecular weight excluding hydrogens is 1240 g/mol. The molecule has 7 amide bonds. The first-order valence-electron chi connectivity index (χ1n) is 35.0. The highest BCUT2D eigenvalue weighted by molar-refractivity contribution is 8.00. The minimum Gasteiger partial charge on any atom is -0.385 e. The molecule has 8 rings (SSSR count). The first-order chi connectivity index (χ1) is 46.7. The van der Waals surface area contributed by atoms with Crippen LogP contribution in [0.25, 0.3) is 0 Å². The highest BCUT2D eigenvalue weighted by atomic mass is 32.2. The summed E-state index contributed by atoms with van der Waals surface area (Å²) in [7, 11) is 8.22. The SMILES string of the molecule is C=C1C[C@H]2[C@H](CS[C@H]2CCCCC(=O)NCCCCCNC(=O)c2cccc(C(C)C)c2)N1.CNC(=O)c1cccc(C(C)C)c1.CNC(=O)c1cccc(C(C)C)c1.CNC(=O)c1cccc(C(C)C)c1.CNC(=O)c1cccc(C(C)C)c1.CNC(=O)c1cccc(C(C)C)c1. The number of thioether (sulfide) groups is 1. The van der Waals surface area contributed by atoms with Crippen molar-refractivity contribution in [1.29, 1.82) is 0 Å². The molecule has 6 aromatic rings. The Kier molecular flexibility index (Phi) is 38.6. The van der Waals surface area contributed by atoms with Gasteiger partial charge in [-0.2, -0.15) is 11.8 Å². The second kappa shape index (κ2) is 45.2. The zero-order valence-electron chi connectivity index (χ0n) is 61.8. The normalized spacial score (nSPS) is 14.0. The minimum atomic E-state index is -0.0255. The second-order valence-corrected chi connectivity index (χ2v) is 27.9. The fourth-order valence-electron chi connectivity index (χ4n) is 10.7. The van der Waals surface area contributed by atoms with Crippen LogP contribution >= 0.6 is 11.8 Å². The molecule has 98 heavy (non-hydrogen) atoms. The number of rotatable bonds is 23. The van der Waals surface area contributed by atoms with E-state index in [1.54, 1.807) is 35.2 Å². The molecule has 2 saturated heterocycles. The molecule has 0 radical (unpaired) electrons. The smallest absolute Gasteiger partial charge is 0.251 e. The van der Waals surface area contributed by atoms with Crippen LogP contribution in [0.2, 0.25) is 0 Å². The molecule has 15 nitrogen and oxygen atoms in total. The van der Waals surface area contributed by atoms with Crippen molar-refractivity contribution in [2.75, 3.05) is 54.1 Å². The third-order valence-electron chi connectivity index (χ3n) is 17.0. The lowest BCUT2D eigenvalue weighted by molar-refractivity contribution is -0.121. The van der Waals surface area contributed by atoms with Gasteiger partial charge in [0, 0.05) is 111 Å². The molecule has 0 bridgehead atoms. The Balaban J connectivity index is 0.000000326. The van der Waals surface area contributed by atoms with Gasteiger partial charge in [0.15, 0.2) is 0 Å². The third kappa shape index (κ3) is 30.1. The van der Waals surface area contributed by atoms with Crippen molar-refractivity contribution in [2.45, 2.75) is 181 Å². The largest absolute Gasteiger partial charge is 0.385 e. The fraction of sp³-hybridized carbons (Fsp3) is 0.451. The van der Waals surface area contributed by atoms with E-state index in [1.807, 2.05) is 140 Å². The van der Waals surface area contributed by atoms with E-state index in [0.717, 1.165) is 89.6 Å². The first-order valence-corrected chi connectivity index (χ1v) is 36.0. The van der Waals surface area contributed by atoms with Gasteiger partial charge in [-0.05, 0) is 186 Å².